The van der Waals surface area contributed by atoms with Gasteiger partial charge in [0.25, 0.3) is 0 Å². The zero-order chi connectivity index (χ0) is 18.1. The largest absolute Gasteiger partial charge is 0.359 e. The minimum absolute atomic E-state index is 0.707. The highest BCUT2D eigenvalue weighted by Gasteiger charge is 2.10. The summed E-state index contributed by atoms with van der Waals surface area (Å²) in [6.07, 6.45) is 3.40. The van der Waals surface area contributed by atoms with E-state index in [4.69, 9.17) is 9.97 Å². The number of nitrogens with one attached hydrogen (secondary N) is 1. The van der Waals surface area contributed by atoms with Crippen molar-refractivity contribution < 1.29 is 0 Å². The second kappa shape index (κ2) is 9.99. The first-order valence-corrected chi connectivity index (χ1v) is 9.14. The van der Waals surface area contributed by atoms with E-state index in [9.17, 15) is 0 Å². The number of rotatable bonds is 10. The number of hydrogen-bond acceptors (Lipinski definition) is 5. The lowest BCUT2D eigenvalue weighted by Gasteiger charge is -2.19. The average molecular weight is 342 g/mol. The molecule has 0 aliphatic rings. The van der Waals surface area contributed by atoms with E-state index in [0.29, 0.717) is 5.95 Å². The van der Waals surface area contributed by atoms with Gasteiger partial charge in [0.2, 0.25) is 5.95 Å². The standard InChI is InChI=1S/C20H31N5/c1-5-6-15-25(4)19-16-18(17-11-8-7-9-12-17)22-20(23-19)21-13-10-14-24(2)3/h7-9,11-12,16H,5-6,10,13-15H2,1-4H3,(H,21,22,23). The molecule has 25 heavy (non-hydrogen) atoms. The van der Waals surface area contributed by atoms with E-state index in [2.05, 4.69) is 61.4 Å². The van der Waals surface area contributed by atoms with Crippen molar-refractivity contribution in [2.45, 2.75) is 26.2 Å². The molecule has 0 saturated carbocycles. The number of unbranched alkanes of at least 4 members (excludes halogenated alkanes) is 1. The average Bonchev–Trinajstić information content (AvgIpc) is 2.63. The van der Waals surface area contributed by atoms with E-state index in [-0.39, 0.29) is 0 Å². The Morgan fingerprint density at radius 3 is 2.40 bits per heavy atom. The highest BCUT2D eigenvalue weighted by Crippen LogP contribution is 2.23. The van der Waals surface area contributed by atoms with Gasteiger partial charge in [-0.05, 0) is 33.5 Å². The number of anilines is 2. The lowest BCUT2D eigenvalue weighted by molar-refractivity contribution is 0.405. The second-order valence-electron chi connectivity index (χ2n) is 6.66. The van der Waals surface area contributed by atoms with Crippen LogP contribution in [0.25, 0.3) is 11.3 Å². The first-order valence-electron chi connectivity index (χ1n) is 9.14. The summed E-state index contributed by atoms with van der Waals surface area (Å²) < 4.78 is 0. The fourth-order valence-corrected chi connectivity index (χ4v) is 2.57. The zero-order valence-corrected chi connectivity index (χ0v) is 16.0. The molecule has 0 aliphatic heterocycles. The molecule has 1 N–H and O–H groups in total. The van der Waals surface area contributed by atoms with Crippen LogP contribution >= 0.6 is 0 Å². The van der Waals surface area contributed by atoms with Crippen LogP contribution in [0.1, 0.15) is 26.2 Å². The lowest BCUT2D eigenvalue weighted by Crippen LogP contribution is -2.21. The molecule has 0 bridgehead atoms. The third-order valence-electron chi connectivity index (χ3n) is 4.09. The van der Waals surface area contributed by atoms with Gasteiger partial charge < -0.3 is 15.1 Å². The Labute approximate surface area is 152 Å². The molecule has 136 valence electrons. The van der Waals surface area contributed by atoms with E-state index in [1.165, 1.54) is 6.42 Å². The Balaban J connectivity index is 2.19. The molecular formula is C20H31N5. The van der Waals surface area contributed by atoms with Gasteiger partial charge in [-0.2, -0.15) is 4.98 Å². The lowest BCUT2D eigenvalue weighted by atomic mass is 10.1. The van der Waals surface area contributed by atoms with Crippen LogP contribution in [-0.4, -0.2) is 55.6 Å². The molecule has 1 heterocycles. The van der Waals surface area contributed by atoms with Crippen molar-refractivity contribution >= 4 is 11.8 Å². The number of benzene rings is 1. The molecule has 0 spiro atoms. The minimum atomic E-state index is 0.707. The summed E-state index contributed by atoms with van der Waals surface area (Å²) in [5.41, 5.74) is 2.08. The van der Waals surface area contributed by atoms with Crippen LogP contribution < -0.4 is 10.2 Å². The van der Waals surface area contributed by atoms with E-state index < -0.39 is 0 Å². The molecule has 0 saturated heterocycles. The third-order valence-corrected chi connectivity index (χ3v) is 4.09. The molecular weight excluding hydrogens is 310 g/mol. The quantitative estimate of drug-likeness (QED) is 0.667. The van der Waals surface area contributed by atoms with Gasteiger partial charge in [0.15, 0.2) is 0 Å². The van der Waals surface area contributed by atoms with Crippen LogP contribution in [0.3, 0.4) is 0 Å². The molecule has 5 nitrogen and oxygen atoms in total. The van der Waals surface area contributed by atoms with Gasteiger partial charge in [-0.1, -0.05) is 43.7 Å². The zero-order valence-electron chi connectivity index (χ0n) is 16.0. The Hall–Kier alpha value is -2.14. The van der Waals surface area contributed by atoms with Crippen LogP contribution in [-0.2, 0) is 0 Å². The van der Waals surface area contributed by atoms with Gasteiger partial charge in [-0.3, -0.25) is 0 Å². The maximum Gasteiger partial charge on any atom is 0.225 e. The predicted octanol–water partition coefficient (Wildman–Crippen LogP) is 3.74. The maximum absolute atomic E-state index is 4.72. The van der Waals surface area contributed by atoms with Gasteiger partial charge in [0, 0.05) is 31.8 Å². The Kier molecular flexibility index (Phi) is 7.67. The first kappa shape index (κ1) is 19.2. The molecule has 1 aromatic heterocycles. The summed E-state index contributed by atoms with van der Waals surface area (Å²) >= 11 is 0. The molecule has 1 aromatic carbocycles. The topological polar surface area (TPSA) is 44.3 Å². The van der Waals surface area contributed by atoms with E-state index in [1.54, 1.807) is 0 Å². The molecule has 0 amide bonds. The van der Waals surface area contributed by atoms with Crippen molar-refractivity contribution in [3.05, 3.63) is 36.4 Å². The number of aromatic nitrogens is 2. The highest BCUT2D eigenvalue weighted by molar-refractivity contribution is 5.64. The van der Waals surface area contributed by atoms with E-state index in [0.717, 1.165) is 49.6 Å². The van der Waals surface area contributed by atoms with Gasteiger partial charge in [-0.25, -0.2) is 4.98 Å². The highest BCUT2D eigenvalue weighted by atomic mass is 15.2. The summed E-state index contributed by atoms with van der Waals surface area (Å²) in [6.45, 7) is 5.13. The predicted molar refractivity (Wildman–Crippen MR) is 107 cm³/mol. The van der Waals surface area contributed by atoms with E-state index in [1.807, 2.05) is 18.2 Å². The molecule has 5 heteroatoms. The molecule has 0 radical (unpaired) electrons. The first-order chi connectivity index (χ1) is 12.1. The maximum atomic E-state index is 4.72. The van der Waals surface area contributed by atoms with Crippen molar-refractivity contribution in [2.24, 2.45) is 0 Å². The van der Waals surface area contributed by atoms with Crippen LogP contribution in [0.4, 0.5) is 11.8 Å². The smallest absolute Gasteiger partial charge is 0.225 e. The van der Waals surface area contributed by atoms with Crippen molar-refractivity contribution in [1.82, 2.24) is 14.9 Å². The van der Waals surface area contributed by atoms with Gasteiger partial charge in [-0.15, -0.1) is 0 Å². The summed E-state index contributed by atoms with van der Waals surface area (Å²) in [7, 11) is 6.28. The molecule has 2 aromatic rings. The van der Waals surface area contributed by atoms with Crippen molar-refractivity contribution in [1.29, 1.82) is 0 Å². The molecule has 0 fully saturated rings. The van der Waals surface area contributed by atoms with Gasteiger partial charge >= 0.3 is 0 Å². The third kappa shape index (κ3) is 6.35. The molecule has 2 rings (SSSR count). The van der Waals surface area contributed by atoms with Crippen molar-refractivity contribution in [2.75, 3.05) is 51.0 Å². The Morgan fingerprint density at radius 1 is 0.960 bits per heavy atom. The van der Waals surface area contributed by atoms with Crippen molar-refractivity contribution in [3.8, 4) is 11.3 Å². The van der Waals surface area contributed by atoms with Crippen LogP contribution in [0.2, 0.25) is 0 Å². The summed E-state index contributed by atoms with van der Waals surface area (Å²) in [5.74, 6) is 1.68. The van der Waals surface area contributed by atoms with Crippen LogP contribution in [0, 0.1) is 0 Å². The second-order valence-corrected chi connectivity index (χ2v) is 6.66. The Morgan fingerprint density at radius 2 is 1.72 bits per heavy atom. The summed E-state index contributed by atoms with van der Waals surface area (Å²) in [5, 5.41) is 3.39. The van der Waals surface area contributed by atoms with Crippen LogP contribution in [0.15, 0.2) is 36.4 Å². The SMILES string of the molecule is CCCCN(C)c1cc(-c2ccccc2)nc(NCCCN(C)C)n1. The molecule has 0 atom stereocenters. The van der Waals surface area contributed by atoms with Gasteiger partial charge in [0.05, 0.1) is 5.69 Å². The minimum Gasteiger partial charge on any atom is -0.359 e. The Bertz CT molecular complexity index is 627. The van der Waals surface area contributed by atoms with Gasteiger partial charge in [0.1, 0.15) is 5.82 Å². The van der Waals surface area contributed by atoms with Crippen molar-refractivity contribution in [3.63, 3.8) is 0 Å². The molecule has 0 unspecified atom stereocenters. The molecule has 0 aliphatic carbocycles. The normalized spacial score (nSPS) is 10.9. The fourth-order valence-electron chi connectivity index (χ4n) is 2.57. The summed E-state index contributed by atoms with van der Waals surface area (Å²) in [4.78, 5) is 13.8. The van der Waals surface area contributed by atoms with E-state index >= 15 is 0 Å². The summed E-state index contributed by atoms with van der Waals surface area (Å²) in [6, 6.07) is 12.4. The monoisotopic (exact) mass is 341 g/mol. The number of nitrogens with zero attached hydrogens (tertiary/aromatic N) is 4. The fraction of sp³-hybridized carbons (Fsp3) is 0.500. The van der Waals surface area contributed by atoms with Crippen LogP contribution in [0.5, 0.6) is 0 Å². The number of hydrogen-bond donors (Lipinski definition) is 1.